The molecule has 0 aliphatic rings. The summed E-state index contributed by atoms with van der Waals surface area (Å²) in [4.78, 5) is 0. The van der Waals surface area contributed by atoms with E-state index >= 15 is 0 Å². The average molecular weight is 192 g/mol. The van der Waals surface area contributed by atoms with Gasteiger partial charge in [0.1, 0.15) is 0 Å². The summed E-state index contributed by atoms with van der Waals surface area (Å²) in [5.74, 6) is 0. The van der Waals surface area contributed by atoms with E-state index in [0.717, 1.165) is 15.8 Å². The van der Waals surface area contributed by atoms with Crippen molar-refractivity contribution in [1.82, 2.24) is 0 Å². The molecule has 0 aromatic rings. The summed E-state index contributed by atoms with van der Waals surface area (Å²) >= 11 is -2.07. The molecule has 0 aliphatic heterocycles. The minimum atomic E-state index is -2.07. The fraction of sp³-hybridized carbons (Fsp3) is 1.00. The number of aliphatic hydroxyl groups excluding tert-OH is 1. The predicted octanol–water partition coefficient (Wildman–Crippen LogP) is 2.03. The van der Waals surface area contributed by atoms with E-state index in [4.69, 9.17) is 1.37 Å². The predicted molar refractivity (Wildman–Crippen MR) is 44.3 cm³/mol. The molecule has 0 aromatic heterocycles. The maximum atomic E-state index is 9.21. The van der Waals surface area contributed by atoms with E-state index < -0.39 is 18.7 Å². The Hall–Kier alpha value is 0.503. The van der Waals surface area contributed by atoms with Gasteiger partial charge in [-0.15, -0.1) is 0 Å². The van der Waals surface area contributed by atoms with Crippen LogP contribution in [0.25, 0.3) is 0 Å². The van der Waals surface area contributed by atoms with E-state index in [2.05, 4.69) is 20.8 Å². The van der Waals surface area contributed by atoms with Crippen LogP contribution in [0.5, 0.6) is 0 Å². The standard InChI is InChI=1S/C7H18GeO/c1-4-8(5-2,6-3)7-9/h9H,4-7H2,1-3H3/i7D/t7-/m1/s1. The van der Waals surface area contributed by atoms with E-state index in [9.17, 15) is 5.11 Å². The van der Waals surface area contributed by atoms with Gasteiger partial charge in [-0.25, -0.2) is 0 Å². The normalized spacial score (nSPS) is 17.1. The number of hydrogen-bond donors (Lipinski definition) is 1. The average Bonchev–Trinajstić information content (AvgIpc) is 1.92. The zero-order valence-electron chi connectivity index (χ0n) is 7.65. The van der Waals surface area contributed by atoms with Crippen molar-refractivity contribution in [3.05, 3.63) is 0 Å². The van der Waals surface area contributed by atoms with Gasteiger partial charge in [0.05, 0.1) is 0 Å². The molecule has 0 amide bonds. The third-order valence-electron chi connectivity index (χ3n) is 2.39. The first-order chi connectivity index (χ1) is 4.63. The Kier molecular flexibility index (Phi) is 3.67. The van der Waals surface area contributed by atoms with Crippen LogP contribution in [0.2, 0.25) is 15.8 Å². The zero-order valence-corrected chi connectivity index (χ0v) is 8.74. The first kappa shape index (κ1) is 7.61. The summed E-state index contributed by atoms with van der Waals surface area (Å²) in [5.41, 5.74) is -0.722. The second-order valence-corrected chi connectivity index (χ2v) is 13.3. The molecule has 1 N–H and O–H groups in total. The van der Waals surface area contributed by atoms with Gasteiger partial charge in [-0.05, 0) is 0 Å². The molecule has 9 heavy (non-hydrogen) atoms. The molecular formula is C7H18GeO. The quantitative estimate of drug-likeness (QED) is 0.675. The second kappa shape index (κ2) is 4.34. The Labute approximate surface area is 62.2 Å². The topological polar surface area (TPSA) is 20.2 Å². The number of rotatable bonds is 4. The molecule has 0 bridgehead atoms. The van der Waals surface area contributed by atoms with Crippen molar-refractivity contribution in [2.75, 3.05) is 5.42 Å². The summed E-state index contributed by atoms with van der Waals surface area (Å²) in [6, 6.07) is 0. The number of hydrogen-bond acceptors (Lipinski definition) is 1. The molecule has 0 unspecified atom stereocenters. The maximum absolute atomic E-state index is 9.21. The van der Waals surface area contributed by atoms with E-state index in [-0.39, 0.29) is 0 Å². The molecule has 0 aromatic carbocycles. The van der Waals surface area contributed by atoms with Crippen molar-refractivity contribution >= 4 is 13.3 Å². The molecule has 0 saturated carbocycles. The third-order valence-corrected chi connectivity index (χ3v) is 12.4. The van der Waals surface area contributed by atoms with Crippen LogP contribution >= 0.6 is 0 Å². The van der Waals surface area contributed by atoms with Crippen LogP contribution in [0.4, 0.5) is 0 Å². The molecule has 0 fully saturated rings. The summed E-state index contributed by atoms with van der Waals surface area (Å²) in [6.45, 7) is 6.35. The molecule has 56 valence electrons. The van der Waals surface area contributed by atoms with Gasteiger partial charge in [0.2, 0.25) is 0 Å². The summed E-state index contributed by atoms with van der Waals surface area (Å²) in [6.07, 6.45) is 0. The van der Waals surface area contributed by atoms with Crippen molar-refractivity contribution in [3.8, 4) is 0 Å². The monoisotopic (exact) mass is 193 g/mol. The molecule has 1 atom stereocenters. The van der Waals surface area contributed by atoms with Gasteiger partial charge in [0.15, 0.2) is 0 Å². The third kappa shape index (κ3) is 2.30. The molecule has 0 aliphatic carbocycles. The van der Waals surface area contributed by atoms with Crippen molar-refractivity contribution in [2.24, 2.45) is 0 Å². The molecule has 0 saturated heterocycles. The van der Waals surface area contributed by atoms with Gasteiger partial charge in [-0.3, -0.25) is 0 Å². The van der Waals surface area contributed by atoms with Crippen LogP contribution in [0.1, 0.15) is 22.1 Å². The Morgan fingerprint density at radius 3 is 1.56 bits per heavy atom. The summed E-state index contributed by atoms with van der Waals surface area (Å²) in [7, 11) is 0. The van der Waals surface area contributed by atoms with E-state index in [1.165, 1.54) is 0 Å². The minimum absolute atomic E-state index is 0.722. The van der Waals surface area contributed by atoms with Gasteiger partial charge in [-0.2, -0.15) is 0 Å². The Balaban J connectivity index is 4.15. The second-order valence-electron chi connectivity index (χ2n) is 2.55. The molecule has 2 heteroatoms. The Morgan fingerprint density at radius 1 is 1.22 bits per heavy atom. The van der Waals surface area contributed by atoms with E-state index in [0.29, 0.717) is 0 Å². The van der Waals surface area contributed by atoms with E-state index in [1.807, 2.05) is 0 Å². The van der Waals surface area contributed by atoms with Crippen LogP contribution in [0, 0.1) is 0 Å². The van der Waals surface area contributed by atoms with E-state index in [1.54, 1.807) is 0 Å². The summed E-state index contributed by atoms with van der Waals surface area (Å²) in [5, 5.41) is 12.5. The Bertz CT molecular complexity index is 83.3. The van der Waals surface area contributed by atoms with Crippen LogP contribution in [-0.4, -0.2) is 23.8 Å². The molecular weight excluding hydrogens is 173 g/mol. The molecule has 0 radical (unpaired) electrons. The van der Waals surface area contributed by atoms with Gasteiger partial charge in [-0.1, -0.05) is 0 Å². The molecule has 0 heterocycles. The fourth-order valence-electron chi connectivity index (χ4n) is 1.02. The van der Waals surface area contributed by atoms with Crippen LogP contribution < -0.4 is 0 Å². The van der Waals surface area contributed by atoms with Gasteiger partial charge in [0.25, 0.3) is 0 Å². The van der Waals surface area contributed by atoms with Crippen molar-refractivity contribution in [3.63, 3.8) is 0 Å². The first-order valence-electron chi connectivity index (χ1n) is 4.31. The molecule has 0 rings (SSSR count). The Morgan fingerprint density at radius 2 is 1.56 bits per heavy atom. The van der Waals surface area contributed by atoms with Crippen molar-refractivity contribution in [1.29, 1.82) is 0 Å². The van der Waals surface area contributed by atoms with Crippen molar-refractivity contribution in [2.45, 2.75) is 36.5 Å². The van der Waals surface area contributed by atoms with Gasteiger partial charge in [0, 0.05) is 0 Å². The van der Waals surface area contributed by atoms with Crippen LogP contribution in [0.3, 0.4) is 0 Å². The summed E-state index contributed by atoms with van der Waals surface area (Å²) < 4.78 is 7.32. The van der Waals surface area contributed by atoms with Gasteiger partial charge >= 0.3 is 61.7 Å². The zero-order chi connectivity index (χ0) is 8.20. The first-order valence-corrected chi connectivity index (χ1v) is 9.39. The van der Waals surface area contributed by atoms with Crippen LogP contribution in [0.15, 0.2) is 0 Å². The number of aliphatic hydroxyl groups is 1. The molecule has 1 nitrogen and oxygen atoms in total. The molecule has 0 spiro atoms. The fourth-order valence-corrected chi connectivity index (χ4v) is 5.32. The van der Waals surface area contributed by atoms with Crippen molar-refractivity contribution < 1.29 is 6.48 Å². The van der Waals surface area contributed by atoms with Crippen LogP contribution in [-0.2, 0) is 0 Å². The van der Waals surface area contributed by atoms with Gasteiger partial charge < -0.3 is 0 Å². The SMILES string of the molecule is [2H][C@@H](O)[Ge]([CH2]C)([CH2]C)[CH2]C.